The van der Waals surface area contributed by atoms with Crippen LogP contribution in [0.2, 0.25) is 0 Å². The Morgan fingerprint density at radius 2 is 2.23 bits per heavy atom. The van der Waals surface area contributed by atoms with Gasteiger partial charge < -0.3 is 20.2 Å². The topological polar surface area (TPSA) is 81.0 Å². The number of likely N-dealkylation sites (tertiary alicyclic amines) is 1. The highest BCUT2D eigenvalue weighted by Crippen LogP contribution is 2.41. The van der Waals surface area contributed by atoms with E-state index in [-0.39, 0.29) is 12.5 Å². The number of nitrogens with zero attached hydrogens (tertiary/aromatic N) is 1. The molecule has 0 radical (unpaired) electrons. The zero-order chi connectivity index (χ0) is 9.64. The lowest BCUT2D eigenvalue weighted by molar-refractivity contribution is 0.0201. The molecule has 74 valence electrons. The van der Waals surface area contributed by atoms with Crippen molar-refractivity contribution in [2.45, 2.75) is 24.5 Å². The molecule has 2 fully saturated rings. The van der Waals surface area contributed by atoms with Crippen molar-refractivity contribution in [2.75, 3.05) is 13.1 Å². The number of amides is 1. The van der Waals surface area contributed by atoms with E-state index in [1.807, 2.05) is 0 Å². The van der Waals surface area contributed by atoms with Crippen molar-refractivity contribution in [1.29, 1.82) is 0 Å². The van der Waals surface area contributed by atoms with Crippen LogP contribution in [0.15, 0.2) is 0 Å². The van der Waals surface area contributed by atoms with Crippen LogP contribution in [0.1, 0.15) is 12.8 Å². The number of fused-ring (bicyclic) bond motifs is 1. The van der Waals surface area contributed by atoms with Crippen LogP contribution in [0.4, 0.5) is 4.79 Å². The van der Waals surface area contributed by atoms with Gasteiger partial charge >= 0.3 is 6.09 Å². The van der Waals surface area contributed by atoms with Crippen molar-refractivity contribution in [1.82, 2.24) is 4.90 Å². The molecule has 0 aromatic heterocycles. The van der Waals surface area contributed by atoms with Crippen molar-refractivity contribution in [2.24, 2.45) is 5.92 Å². The molecule has 0 aromatic rings. The van der Waals surface area contributed by atoms with Gasteiger partial charge in [-0.15, -0.1) is 0 Å². The Labute approximate surface area is 75.6 Å². The Kier molecular flexibility index (Phi) is 1.75. The van der Waals surface area contributed by atoms with E-state index in [1.54, 1.807) is 0 Å². The predicted octanol–water partition coefficient (Wildman–Crippen LogP) is -0.518. The van der Waals surface area contributed by atoms with Crippen LogP contribution in [-0.4, -0.2) is 51.1 Å². The summed E-state index contributed by atoms with van der Waals surface area (Å²) in [6, 6.07) is 0. The SMILES string of the molecule is O=C(O)N1C[C@@H]2C[C@H](O)C[C@]2(O)C1. The number of carbonyl (C=O) groups is 1. The molecular formula is C8H13NO4. The van der Waals surface area contributed by atoms with Gasteiger partial charge in [0.15, 0.2) is 0 Å². The van der Waals surface area contributed by atoms with Crippen molar-refractivity contribution in [3.05, 3.63) is 0 Å². The summed E-state index contributed by atoms with van der Waals surface area (Å²) in [4.78, 5) is 11.8. The summed E-state index contributed by atoms with van der Waals surface area (Å²) in [5, 5.41) is 28.0. The third kappa shape index (κ3) is 1.28. The molecule has 1 amide bonds. The second-order valence-electron chi connectivity index (χ2n) is 4.06. The Hall–Kier alpha value is -0.810. The minimum Gasteiger partial charge on any atom is -0.465 e. The highest BCUT2D eigenvalue weighted by atomic mass is 16.4. The lowest BCUT2D eigenvalue weighted by atomic mass is 9.95. The fourth-order valence-electron chi connectivity index (χ4n) is 2.45. The fourth-order valence-corrected chi connectivity index (χ4v) is 2.45. The van der Waals surface area contributed by atoms with Crippen LogP contribution >= 0.6 is 0 Å². The number of hydrogen-bond acceptors (Lipinski definition) is 3. The number of aliphatic hydroxyl groups excluding tert-OH is 1. The summed E-state index contributed by atoms with van der Waals surface area (Å²) in [5.41, 5.74) is -0.974. The van der Waals surface area contributed by atoms with Gasteiger partial charge in [0, 0.05) is 18.9 Å². The normalized spacial score (nSPS) is 43.7. The molecule has 3 N–H and O–H groups in total. The summed E-state index contributed by atoms with van der Waals surface area (Å²) in [7, 11) is 0. The molecule has 1 saturated heterocycles. The Morgan fingerprint density at radius 3 is 2.77 bits per heavy atom. The third-order valence-electron chi connectivity index (χ3n) is 3.08. The number of hydrogen-bond donors (Lipinski definition) is 3. The molecule has 5 nitrogen and oxygen atoms in total. The van der Waals surface area contributed by atoms with Crippen molar-refractivity contribution >= 4 is 6.09 Å². The van der Waals surface area contributed by atoms with Crippen LogP contribution in [0.3, 0.4) is 0 Å². The van der Waals surface area contributed by atoms with Gasteiger partial charge in [0.05, 0.1) is 18.2 Å². The van der Waals surface area contributed by atoms with E-state index < -0.39 is 17.8 Å². The quantitative estimate of drug-likeness (QED) is 0.476. The minimum atomic E-state index is -0.989. The molecule has 0 unspecified atom stereocenters. The molecule has 0 aromatic carbocycles. The molecule has 1 aliphatic carbocycles. The molecule has 3 atom stereocenters. The summed E-state index contributed by atoms with van der Waals surface area (Å²) in [6.45, 7) is 0.493. The zero-order valence-corrected chi connectivity index (χ0v) is 7.18. The number of carboxylic acid groups (broad SMARTS) is 1. The van der Waals surface area contributed by atoms with Crippen molar-refractivity contribution < 1.29 is 20.1 Å². The van der Waals surface area contributed by atoms with Gasteiger partial charge in [0.1, 0.15) is 0 Å². The van der Waals surface area contributed by atoms with Crippen LogP contribution in [0.5, 0.6) is 0 Å². The largest absolute Gasteiger partial charge is 0.465 e. The molecule has 0 bridgehead atoms. The molecule has 1 aliphatic heterocycles. The molecule has 13 heavy (non-hydrogen) atoms. The maximum Gasteiger partial charge on any atom is 0.407 e. The maximum atomic E-state index is 10.6. The first-order chi connectivity index (χ1) is 6.01. The Balaban J connectivity index is 2.10. The smallest absolute Gasteiger partial charge is 0.407 e. The van der Waals surface area contributed by atoms with Gasteiger partial charge in [0.2, 0.25) is 0 Å². The van der Waals surface area contributed by atoms with Crippen LogP contribution < -0.4 is 0 Å². The maximum absolute atomic E-state index is 10.6. The Morgan fingerprint density at radius 1 is 1.54 bits per heavy atom. The summed E-state index contributed by atoms with van der Waals surface area (Å²) >= 11 is 0. The zero-order valence-electron chi connectivity index (χ0n) is 7.18. The van der Waals surface area contributed by atoms with Crippen LogP contribution in [0, 0.1) is 5.92 Å². The summed E-state index contributed by atoms with van der Waals surface area (Å²) < 4.78 is 0. The van der Waals surface area contributed by atoms with Gasteiger partial charge in [-0.3, -0.25) is 0 Å². The highest BCUT2D eigenvalue weighted by molar-refractivity contribution is 5.65. The molecular weight excluding hydrogens is 174 g/mol. The lowest BCUT2D eigenvalue weighted by Gasteiger charge is -2.20. The second kappa shape index (κ2) is 2.59. The first-order valence-electron chi connectivity index (χ1n) is 4.39. The average Bonchev–Trinajstić information content (AvgIpc) is 2.38. The van der Waals surface area contributed by atoms with E-state index in [1.165, 1.54) is 4.90 Å². The van der Waals surface area contributed by atoms with E-state index >= 15 is 0 Å². The van der Waals surface area contributed by atoms with Crippen LogP contribution in [0.25, 0.3) is 0 Å². The molecule has 1 saturated carbocycles. The number of β-amino-alcohol motifs (C(OH)–C–C–N with tert-alkyl or cyclic N) is 1. The average molecular weight is 187 g/mol. The first kappa shape index (κ1) is 8.77. The van der Waals surface area contributed by atoms with Gasteiger partial charge in [-0.05, 0) is 6.42 Å². The fraction of sp³-hybridized carbons (Fsp3) is 0.875. The molecule has 2 aliphatic rings. The van der Waals surface area contributed by atoms with E-state index in [9.17, 15) is 15.0 Å². The Bertz CT molecular complexity index is 244. The van der Waals surface area contributed by atoms with Crippen molar-refractivity contribution in [3.63, 3.8) is 0 Å². The lowest BCUT2D eigenvalue weighted by Crippen LogP contribution is -2.36. The summed E-state index contributed by atoms with van der Waals surface area (Å²) in [6.07, 6.45) is -0.634. The summed E-state index contributed by atoms with van der Waals surface area (Å²) in [5.74, 6) is -0.0846. The molecule has 2 rings (SSSR count). The van der Waals surface area contributed by atoms with Gasteiger partial charge in [0.25, 0.3) is 0 Å². The number of aliphatic hydroxyl groups is 2. The number of rotatable bonds is 0. The third-order valence-corrected chi connectivity index (χ3v) is 3.08. The monoisotopic (exact) mass is 187 g/mol. The van der Waals surface area contributed by atoms with Gasteiger partial charge in [-0.25, -0.2) is 4.79 Å². The molecule has 1 heterocycles. The van der Waals surface area contributed by atoms with E-state index in [2.05, 4.69) is 0 Å². The highest BCUT2D eigenvalue weighted by Gasteiger charge is 2.52. The predicted molar refractivity (Wildman–Crippen MR) is 43.3 cm³/mol. The van der Waals surface area contributed by atoms with E-state index in [0.29, 0.717) is 19.4 Å². The minimum absolute atomic E-state index is 0.0846. The molecule has 5 heteroatoms. The van der Waals surface area contributed by atoms with Gasteiger partial charge in [-0.1, -0.05) is 0 Å². The van der Waals surface area contributed by atoms with E-state index in [4.69, 9.17) is 5.11 Å². The standard InChI is InChI=1S/C8H13NO4/c10-6-1-5-3-9(7(11)12)4-8(5,13)2-6/h5-6,10,13H,1-4H2,(H,11,12)/t5-,6-,8-/m0/s1. The first-order valence-corrected chi connectivity index (χ1v) is 4.39. The van der Waals surface area contributed by atoms with Crippen LogP contribution in [-0.2, 0) is 0 Å². The van der Waals surface area contributed by atoms with Crippen molar-refractivity contribution in [3.8, 4) is 0 Å². The van der Waals surface area contributed by atoms with E-state index in [0.717, 1.165) is 0 Å². The second-order valence-corrected chi connectivity index (χ2v) is 4.06. The van der Waals surface area contributed by atoms with Gasteiger partial charge in [-0.2, -0.15) is 0 Å². The molecule has 0 spiro atoms.